The second-order valence-corrected chi connectivity index (χ2v) is 2.51. The zero-order valence-electron chi connectivity index (χ0n) is 7.56. The van der Waals surface area contributed by atoms with Crippen LogP contribution in [0.15, 0.2) is 0 Å². The summed E-state index contributed by atoms with van der Waals surface area (Å²) in [5, 5.41) is 51.8. The smallest absolute Gasteiger partial charge is 0.335 e. The molecule has 0 aliphatic carbocycles. The molecule has 0 aliphatic heterocycles. The van der Waals surface area contributed by atoms with Gasteiger partial charge in [0, 0.05) is 24.4 Å². The third-order valence-electron chi connectivity index (χ3n) is 1.51. The molecule has 8 N–H and O–H groups in total. The van der Waals surface area contributed by atoms with Gasteiger partial charge in [-0.05, 0) is 0 Å². The maximum Gasteiger partial charge on any atom is 0.335 e. The molecule has 0 unspecified atom stereocenters. The zero-order valence-corrected chi connectivity index (χ0v) is 10.1. The molecule has 15 heavy (non-hydrogen) atoms. The molecule has 0 saturated heterocycles. The summed E-state index contributed by atoms with van der Waals surface area (Å²) in [4.78, 5) is 10.1. The van der Waals surface area contributed by atoms with Gasteiger partial charge in [-0.1, -0.05) is 0 Å². The largest absolute Gasteiger partial charge is 0.479 e. The number of hydrogen-bond acceptors (Lipinski definition) is 6. The van der Waals surface area contributed by atoms with Crippen LogP contribution in [0.3, 0.4) is 0 Å². The molecule has 3 radical (unpaired) electrons. The Morgan fingerprint density at radius 3 is 1.73 bits per heavy atom. The number of carboxylic acid groups (broad SMARTS) is 1. The first-order valence-corrected chi connectivity index (χ1v) is 3.47. The van der Waals surface area contributed by atoms with E-state index >= 15 is 0 Å². The standard InChI is InChI=1S/C6H12O7.H2O.Sb/c7-1-2(8)3(9)4(10)5(11)6(12)13;;/h2-5,7-11H,1H2,(H,12,13);1H2;/t2-,3-,4+,5+;;/m1../s1. The first-order chi connectivity index (χ1) is 5.91. The van der Waals surface area contributed by atoms with Crippen molar-refractivity contribution in [1.29, 1.82) is 0 Å². The van der Waals surface area contributed by atoms with E-state index < -0.39 is 37.0 Å². The zero-order chi connectivity index (χ0) is 10.6. The molecule has 0 aromatic heterocycles. The van der Waals surface area contributed by atoms with Crippen LogP contribution in [0.1, 0.15) is 0 Å². The fourth-order valence-corrected chi connectivity index (χ4v) is 0.668. The van der Waals surface area contributed by atoms with Gasteiger partial charge in [0.1, 0.15) is 18.3 Å². The Bertz CT molecular complexity index is 177. The summed E-state index contributed by atoms with van der Waals surface area (Å²) in [6, 6.07) is 0. The molecule has 0 bridgehead atoms. The Kier molecular flexibility index (Phi) is 12.7. The topological polar surface area (TPSA) is 170 Å². The first-order valence-electron chi connectivity index (χ1n) is 3.47. The van der Waals surface area contributed by atoms with Crippen LogP contribution in [-0.4, -0.2) is 97.5 Å². The normalized spacial score (nSPS) is 17.7. The van der Waals surface area contributed by atoms with Crippen molar-refractivity contribution in [3.63, 3.8) is 0 Å². The van der Waals surface area contributed by atoms with Gasteiger partial charge in [0.05, 0.1) is 6.61 Å². The number of aliphatic hydroxyl groups excluding tert-OH is 5. The van der Waals surface area contributed by atoms with Crippen LogP contribution in [0.4, 0.5) is 0 Å². The van der Waals surface area contributed by atoms with Crippen molar-refractivity contribution in [2.45, 2.75) is 24.4 Å². The van der Waals surface area contributed by atoms with Gasteiger partial charge in [0.2, 0.25) is 0 Å². The Balaban J connectivity index is -0.000000720. The predicted octanol–water partition coefficient (Wildman–Crippen LogP) is -4.70. The van der Waals surface area contributed by atoms with Crippen LogP contribution in [0.5, 0.6) is 0 Å². The molecule has 91 valence electrons. The molecular formula is C6H14O8Sb. The van der Waals surface area contributed by atoms with Gasteiger partial charge in [-0.2, -0.15) is 0 Å². The van der Waals surface area contributed by atoms with Crippen molar-refractivity contribution in [2.75, 3.05) is 6.61 Å². The Hall–Kier alpha value is 0.0482. The summed E-state index contributed by atoms with van der Waals surface area (Å²) >= 11 is 0. The molecule has 4 atom stereocenters. The molecule has 0 aromatic carbocycles. The van der Waals surface area contributed by atoms with E-state index in [1.807, 2.05) is 0 Å². The van der Waals surface area contributed by atoms with Crippen molar-refractivity contribution in [3.05, 3.63) is 0 Å². The van der Waals surface area contributed by atoms with Gasteiger partial charge in [-0.25, -0.2) is 4.79 Å². The van der Waals surface area contributed by atoms with E-state index in [9.17, 15) is 4.79 Å². The number of rotatable bonds is 5. The summed E-state index contributed by atoms with van der Waals surface area (Å²) in [6.45, 7) is -0.843. The van der Waals surface area contributed by atoms with Gasteiger partial charge in [-0.15, -0.1) is 0 Å². The summed E-state index contributed by atoms with van der Waals surface area (Å²) in [6.07, 6.45) is -7.84. The van der Waals surface area contributed by atoms with Crippen molar-refractivity contribution < 1.29 is 40.9 Å². The van der Waals surface area contributed by atoms with E-state index in [1.165, 1.54) is 0 Å². The van der Waals surface area contributed by atoms with Crippen LogP contribution in [0, 0.1) is 0 Å². The Labute approximate surface area is 103 Å². The van der Waals surface area contributed by atoms with E-state index in [2.05, 4.69) is 0 Å². The molecule has 0 heterocycles. The molecule has 0 fully saturated rings. The first kappa shape index (κ1) is 20.5. The van der Waals surface area contributed by atoms with E-state index in [1.54, 1.807) is 0 Å². The number of aliphatic hydroxyl groups is 5. The Morgan fingerprint density at radius 1 is 1.07 bits per heavy atom. The van der Waals surface area contributed by atoms with Gasteiger partial charge >= 0.3 is 5.97 Å². The van der Waals surface area contributed by atoms with Gasteiger partial charge in [0.15, 0.2) is 6.10 Å². The molecule has 9 heteroatoms. The summed E-state index contributed by atoms with van der Waals surface area (Å²) in [7, 11) is 0. The quantitative estimate of drug-likeness (QED) is 0.274. The minimum atomic E-state index is -2.20. The third-order valence-corrected chi connectivity index (χ3v) is 1.51. The van der Waals surface area contributed by atoms with Crippen LogP contribution in [0.25, 0.3) is 0 Å². The van der Waals surface area contributed by atoms with Crippen molar-refractivity contribution in [2.24, 2.45) is 0 Å². The number of carboxylic acids is 1. The van der Waals surface area contributed by atoms with Crippen molar-refractivity contribution in [1.82, 2.24) is 0 Å². The van der Waals surface area contributed by atoms with Crippen LogP contribution >= 0.6 is 0 Å². The van der Waals surface area contributed by atoms with Crippen molar-refractivity contribution in [3.8, 4) is 0 Å². The average molecular weight is 336 g/mol. The Morgan fingerprint density at radius 2 is 1.47 bits per heavy atom. The SMILES string of the molecule is O.O=C(O)[C@@H](O)[C@@H](O)[C@H](O)[C@H](O)CO.[Sb]. The maximum atomic E-state index is 10.1. The fourth-order valence-electron chi connectivity index (χ4n) is 0.668. The molecule has 8 nitrogen and oxygen atoms in total. The van der Waals surface area contributed by atoms with E-state index in [0.29, 0.717) is 0 Å². The predicted molar refractivity (Wildman–Crippen MR) is 48.1 cm³/mol. The van der Waals surface area contributed by atoms with E-state index in [0.717, 1.165) is 0 Å². The van der Waals surface area contributed by atoms with E-state index in [4.69, 9.17) is 30.6 Å². The van der Waals surface area contributed by atoms with Crippen LogP contribution in [0.2, 0.25) is 0 Å². The summed E-state index contributed by atoms with van der Waals surface area (Å²) in [5.41, 5.74) is 0. The number of carbonyl (C=O) groups is 1. The molecule has 0 amide bonds. The maximum absolute atomic E-state index is 10.1. The average Bonchev–Trinajstić information content (AvgIpc) is 2.12. The molecule has 0 aliphatic rings. The van der Waals surface area contributed by atoms with Gasteiger partial charge < -0.3 is 36.1 Å². The second-order valence-electron chi connectivity index (χ2n) is 2.51. The molecule has 0 saturated carbocycles. The molecule has 0 spiro atoms. The van der Waals surface area contributed by atoms with E-state index in [-0.39, 0.29) is 29.9 Å². The third kappa shape index (κ3) is 6.26. The minimum Gasteiger partial charge on any atom is -0.479 e. The van der Waals surface area contributed by atoms with Crippen LogP contribution in [-0.2, 0) is 4.79 Å². The summed E-state index contributed by atoms with van der Waals surface area (Å²) in [5.74, 6) is -1.73. The second kappa shape index (κ2) is 9.29. The monoisotopic (exact) mass is 335 g/mol. The summed E-state index contributed by atoms with van der Waals surface area (Å²) < 4.78 is 0. The number of hydrogen-bond donors (Lipinski definition) is 6. The van der Waals surface area contributed by atoms with Gasteiger partial charge in [0.25, 0.3) is 0 Å². The molecular weight excluding hydrogens is 322 g/mol. The van der Waals surface area contributed by atoms with Crippen molar-refractivity contribution >= 4 is 30.4 Å². The number of aliphatic carboxylic acids is 1. The molecule has 0 rings (SSSR count). The fraction of sp³-hybridized carbons (Fsp3) is 0.833. The minimum absolute atomic E-state index is 0. The van der Waals surface area contributed by atoms with Gasteiger partial charge in [-0.3, -0.25) is 0 Å². The van der Waals surface area contributed by atoms with Crippen LogP contribution < -0.4 is 0 Å². The molecule has 0 aromatic rings.